The molecule has 8 nitrogen and oxygen atoms in total. The van der Waals surface area contributed by atoms with Crippen LogP contribution in [0.3, 0.4) is 0 Å². The molecule has 34 heavy (non-hydrogen) atoms. The first-order chi connectivity index (χ1) is 16.4. The van der Waals surface area contributed by atoms with Crippen LogP contribution in [0.25, 0.3) is 0 Å². The van der Waals surface area contributed by atoms with Gasteiger partial charge in [0.1, 0.15) is 16.5 Å². The van der Waals surface area contributed by atoms with Crippen molar-refractivity contribution in [3.8, 4) is 11.5 Å². The highest BCUT2D eigenvalue weighted by atomic mass is 32.1. The van der Waals surface area contributed by atoms with E-state index < -0.39 is 24.5 Å². The lowest BCUT2D eigenvalue weighted by Crippen LogP contribution is -2.22. The van der Waals surface area contributed by atoms with Crippen LogP contribution < -0.4 is 14.8 Å². The van der Waals surface area contributed by atoms with Crippen LogP contribution in [0.1, 0.15) is 53.9 Å². The second-order valence-corrected chi connectivity index (χ2v) is 9.22. The quantitative estimate of drug-likeness (QED) is 0.369. The highest BCUT2D eigenvalue weighted by Crippen LogP contribution is 2.40. The first-order valence-corrected chi connectivity index (χ1v) is 12.3. The molecule has 1 aromatic heterocycles. The summed E-state index contributed by atoms with van der Waals surface area (Å²) in [6, 6.07) is 7.16. The second-order valence-electron chi connectivity index (χ2n) is 8.11. The summed E-state index contributed by atoms with van der Waals surface area (Å²) in [5, 5.41) is 3.21. The zero-order chi connectivity index (χ0) is 24.5. The fourth-order valence-electron chi connectivity index (χ4n) is 3.72. The topological polar surface area (TPSA) is 100 Å². The van der Waals surface area contributed by atoms with Gasteiger partial charge in [0.05, 0.1) is 25.9 Å². The number of rotatable bonds is 11. The van der Waals surface area contributed by atoms with Gasteiger partial charge in [-0.3, -0.25) is 9.59 Å². The highest BCUT2D eigenvalue weighted by Gasteiger charge is 2.29. The van der Waals surface area contributed by atoms with Gasteiger partial charge in [-0.25, -0.2) is 4.79 Å². The number of amides is 1. The number of thiophene rings is 1. The Hall–Kier alpha value is -3.07. The molecular weight excluding hydrogens is 458 g/mol. The van der Waals surface area contributed by atoms with E-state index in [1.54, 1.807) is 38.3 Å². The molecule has 1 atom stereocenters. The fraction of sp³-hybridized carbons (Fsp3) is 0.480. The minimum atomic E-state index is -0.488. The van der Waals surface area contributed by atoms with Crippen molar-refractivity contribution in [3.05, 3.63) is 40.3 Å². The van der Waals surface area contributed by atoms with Gasteiger partial charge in [-0.1, -0.05) is 6.92 Å². The standard InChI is InChI=1S/C25H31NO7S/c1-4-31-25(29)23-19-12-7-16(2)14-20(19)34-24(23)26-21(27)15-33-22(28)6-5-13-32-18-10-8-17(30-3)9-11-18/h8-11,16H,4-7,12-15H2,1-3H3,(H,26,27). The molecule has 0 saturated carbocycles. The number of esters is 2. The summed E-state index contributed by atoms with van der Waals surface area (Å²) in [6.07, 6.45) is 3.22. The number of anilines is 1. The van der Waals surface area contributed by atoms with Crippen LogP contribution in [-0.4, -0.2) is 44.8 Å². The number of ether oxygens (including phenoxy) is 4. The Kier molecular flexibility index (Phi) is 9.33. The van der Waals surface area contributed by atoms with Crippen molar-refractivity contribution in [2.75, 3.05) is 32.2 Å². The Bertz CT molecular complexity index is 999. The molecule has 0 spiro atoms. The minimum Gasteiger partial charge on any atom is -0.497 e. The molecule has 1 amide bonds. The third-order valence-electron chi connectivity index (χ3n) is 5.46. The van der Waals surface area contributed by atoms with Crippen LogP contribution in [0.2, 0.25) is 0 Å². The van der Waals surface area contributed by atoms with Crippen LogP contribution in [0.5, 0.6) is 11.5 Å². The molecule has 2 aromatic rings. The van der Waals surface area contributed by atoms with E-state index in [-0.39, 0.29) is 13.0 Å². The molecule has 0 radical (unpaired) electrons. The third kappa shape index (κ3) is 6.96. The SMILES string of the molecule is CCOC(=O)c1c(NC(=O)COC(=O)CCCOc2ccc(OC)cc2)sc2c1CCC(C)C2. The average molecular weight is 490 g/mol. The number of hydrogen-bond acceptors (Lipinski definition) is 8. The monoisotopic (exact) mass is 489 g/mol. The third-order valence-corrected chi connectivity index (χ3v) is 6.63. The molecule has 0 bridgehead atoms. The number of fused-ring (bicyclic) bond motifs is 1. The summed E-state index contributed by atoms with van der Waals surface area (Å²) in [5.74, 6) is 0.538. The van der Waals surface area contributed by atoms with E-state index in [9.17, 15) is 14.4 Å². The van der Waals surface area contributed by atoms with Crippen molar-refractivity contribution in [1.29, 1.82) is 0 Å². The normalized spacial score (nSPS) is 14.6. The maximum atomic E-state index is 12.5. The van der Waals surface area contributed by atoms with E-state index in [0.717, 1.165) is 35.5 Å². The van der Waals surface area contributed by atoms with Gasteiger partial charge < -0.3 is 24.3 Å². The first kappa shape index (κ1) is 25.6. The molecule has 184 valence electrons. The van der Waals surface area contributed by atoms with Gasteiger partial charge in [-0.2, -0.15) is 0 Å². The van der Waals surface area contributed by atoms with Crippen LogP contribution >= 0.6 is 11.3 Å². The summed E-state index contributed by atoms with van der Waals surface area (Å²) in [6.45, 7) is 4.10. The van der Waals surface area contributed by atoms with E-state index in [1.165, 1.54) is 11.3 Å². The lowest BCUT2D eigenvalue weighted by Gasteiger charge is -2.18. The van der Waals surface area contributed by atoms with Crippen molar-refractivity contribution in [2.45, 2.75) is 46.0 Å². The lowest BCUT2D eigenvalue weighted by atomic mass is 9.88. The maximum absolute atomic E-state index is 12.5. The summed E-state index contributed by atoms with van der Waals surface area (Å²) in [4.78, 5) is 38.1. The fourth-order valence-corrected chi connectivity index (χ4v) is 5.13. The van der Waals surface area contributed by atoms with E-state index in [4.69, 9.17) is 18.9 Å². The van der Waals surface area contributed by atoms with Gasteiger partial charge in [-0.05, 0) is 68.4 Å². The van der Waals surface area contributed by atoms with Gasteiger partial charge in [0.15, 0.2) is 6.61 Å². The predicted octanol–water partition coefficient (Wildman–Crippen LogP) is 4.40. The van der Waals surface area contributed by atoms with Crippen molar-refractivity contribution in [2.24, 2.45) is 5.92 Å². The van der Waals surface area contributed by atoms with Crippen LogP contribution in [-0.2, 0) is 31.9 Å². The lowest BCUT2D eigenvalue weighted by molar-refractivity contribution is -0.147. The van der Waals surface area contributed by atoms with Crippen LogP contribution in [0, 0.1) is 5.92 Å². The molecule has 1 aliphatic rings. The molecule has 1 N–H and O–H groups in total. The number of nitrogens with one attached hydrogen (secondary N) is 1. The summed E-state index contributed by atoms with van der Waals surface area (Å²) in [7, 11) is 1.59. The summed E-state index contributed by atoms with van der Waals surface area (Å²) < 4.78 is 21.0. The molecule has 1 unspecified atom stereocenters. The van der Waals surface area contributed by atoms with Crippen molar-refractivity contribution >= 4 is 34.2 Å². The molecule has 1 aromatic carbocycles. The summed E-state index contributed by atoms with van der Waals surface area (Å²) >= 11 is 1.40. The van der Waals surface area contributed by atoms with Crippen molar-refractivity contribution in [3.63, 3.8) is 0 Å². The van der Waals surface area contributed by atoms with E-state index in [2.05, 4.69) is 12.2 Å². The van der Waals surface area contributed by atoms with Crippen LogP contribution in [0.4, 0.5) is 5.00 Å². The first-order valence-electron chi connectivity index (χ1n) is 11.4. The maximum Gasteiger partial charge on any atom is 0.341 e. The van der Waals surface area contributed by atoms with Crippen molar-refractivity contribution in [1.82, 2.24) is 0 Å². The molecule has 3 rings (SSSR count). The Balaban J connectivity index is 1.46. The largest absolute Gasteiger partial charge is 0.497 e. The molecular formula is C25H31NO7S. The zero-order valence-corrected chi connectivity index (χ0v) is 20.6. The number of hydrogen-bond donors (Lipinski definition) is 1. The number of methoxy groups -OCH3 is 1. The number of carbonyl (C=O) groups excluding carboxylic acids is 3. The van der Waals surface area contributed by atoms with Gasteiger partial charge in [0.25, 0.3) is 5.91 Å². The molecule has 9 heteroatoms. The minimum absolute atomic E-state index is 0.128. The highest BCUT2D eigenvalue weighted by molar-refractivity contribution is 7.17. The molecule has 1 heterocycles. The molecule has 1 aliphatic carbocycles. The van der Waals surface area contributed by atoms with Gasteiger partial charge >= 0.3 is 11.9 Å². The smallest absolute Gasteiger partial charge is 0.341 e. The van der Waals surface area contributed by atoms with Gasteiger partial charge in [0, 0.05) is 11.3 Å². The average Bonchev–Trinajstić information content (AvgIpc) is 3.17. The van der Waals surface area contributed by atoms with Crippen LogP contribution in [0.15, 0.2) is 24.3 Å². The molecule has 0 aliphatic heterocycles. The Labute approximate surface area is 203 Å². The second kappa shape index (κ2) is 12.4. The number of carbonyl (C=O) groups is 3. The van der Waals surface area contributed by atoms with E-state index in [1.807, 2.05) is 0 Å². The van der Waals surface area contributed by atoms with Gasteiger partial charge in [0.2, 0.25) is 0 Å². The Morgan fingerprint density at radius 2 is 1.85 bits per heavy atom. The Morgan fingerprint density at radius 3 is 2.56 bits per heavy atom. The number of benzene rings is 1. The van der Waals surface area contributed by atoms with E-state index in [0.29, 0.717) is 35.3 Å². The Morgan fingerprint density at radius 1 is 1.12 bits per heavy atom. The molecule has 0 saturated heterocycles. The van der Waals surface area contributed by atoms with E-state index >= 15 is 0 Å². The summed E-state index contributed by atoms with van der Waals surface area (Å²) in [5.41, 5.74) is 1.40. The zero-order valence-electron chi connectivity index (χ0n) is 19.8. The van der Waals surface area contributed by atoms with Crippen molar-refractivity contribution < 1.29 is 33.3 Å². The molecule has 0 fully saturated rings. The predicted molar refractivity (Wildman–Crippen MR) is 129 cm³/mol. The van der Waals surface area contributed by atoms with Gasteiger partial charge in [-0.15, -0.1) is 11.3 Å².